The molecule has 0 saturated heterocycles. The van der Waals surface area contributed by atoms with Gasteiger partial charge in [-0.2, -0.15) is 0 Å². The molecule has 0 aliphatic carbocycles. The Labute approximate surface area is 168 Å². The standard InChI is InChI=1S/C22H39ClN.ClH/c1-4-5-6-7-8-9-10-11-12-13-18-24(2,3)20-22-16-14-21(19-23)15-17-22;/h14-17H,4-13,18-20H2,1-3H3;1H/q+1;/p-1. The molecule has 0 aliphatic heterocycles. The fourth-order valence-corrected chi connectivity index (χ4v) is 3.51. The van der Waals surface area contributed by atoms with Gasteiger partial charge in [0.1, 0.15) is 6.54 Å². The summed E-state index contributed by atoms with van der Waals surface area (Å²) in [5.74, 6) is 0.608. The van der Waals surface area contributed by atoms with Crippen LogP contribution >= 0.6 is 11.6 Å². The lowest BCUT2D eigenvalue weighted by Gasteiger charge is -2.30. The van der Waals surface area contributed by atoms with E-state index in [1.807, 2.05) is 0 Å². The highest BCUT2D eigenvalue weighted by atomic mass is 35.5. The van der Waals surface area contributed by atoms with Gasteiger partial charge in [0, 0.05) is 11.4 Å². The van der Waals surface area contributed by atoms with Gasteiger partial charge in [0.2, 0.25) is 0 Å². The largest absolute Gasteiger partial charge is 1.00 e. The topological polar surface area (TPSA) is 0 Å². The van der Waals surface area contributed by atoms with E-state index in [1.165, 1.54) is 81.9 Å². The lowest BCUT2D eigenvalue weighted by molar-refractivity contribution is -0.903. The second-order valence-electron chi connectivity index (χ2n) is 7.95. The molecule has 1 aromatic carbocycles. The molecule has 1 rings (SSSR count). The van der Waals surface area contributed by atoms with Crippen molar-refractivity contribution < 1.29 is 16.9 Å². The van der Waals surface area contributed by atoms with Gasteiger partial charge >= 0.3 is 0 Å². The predicted molar refractivity (Wildman–Crippen MR) is 109 cm³/mol. The maximum Gasteiger partial charge on any atom is 0.104 e. The highest BCUT2D eigenvalue weighted by molar-refractivity contribution is 6.17. The molecule has 0 spiro atoms. The fourth-order valence-electron chi connectivity index (χ4n) is 3.33. The summed E-state index contributed by atoms with van der Waals surface area (Å²) >= 11 is 5.86. The van der Waals surface area contributed by atoms with E-state index >= 15 is 0 Å². The van der Waals surface area contributed by atoms with Crippen molar-refractivity contribution in [1.82, 2.24) is 0 Å². The van der Waals surface area contributed by atoms with Gasteiger partial charge in [0.25, 0.3) is 0 Å². The summed E-state index contributed by atoms with van der Waals surface area (Å²) < 4.78 is 1.08. The zero-order chi connectivity index (χ0) is 17.7. The third kappa shape index (κ3) is 12.7. The molecular weight excluding hydrogens is 349 g/mol. The number of benzene rings is 1. The first-order valence-electron chi connectivity index (χ1n) is 10.0. The smallest absolute Gasteiger partial charge is 0.104 e. The Morgan fingerprint density at radius 1 is 0.720 bits per heavy atom. The number of hydrogen-bond acceptors (Lipinski definition) is 0. The number of alkyl halides is 1. The van der Waals surface area contributed by atoms with E-state index in [1.54, 1.807) is 0 Å². The number of quaternary nitrogens is 1. The molecule has 146 valence electrons. The van der Waals surface area contributed by atoms with Crippen LogP contribution in [0.1, 0.15) is 82.3 Å². The monoisotopic (exact) mass is 387 g/mol. The van der Waals surface area contributed by atoms with Gasteiger partial charge in [-0.3, -0.25) is 0 Å². The van der Waals surface area contributed by atoms with Crippen molar-refractivity contribution in [3.63, 3.8) is 0 Å². The summed E-state index contributed by atoms with van der Waals surface area (Å²) in [6, 6.07) is 8.78. The van der Waals surface area contributed by atoms with Crippen molar-refractivity contribution in [3.05, 3.63) is 35.4 Å². The van der Waals surface area contributed by atoms with E-state index in [0.717, 1.165) is 11.0 Å². The molecule has 1 aromatic rings. The predicted octanol–water partition coefficient (Wildman–Crippen LogP) is 3.93. The molecular formula is C22H39Cl2N. The van der Waals surface area contributed by atoms with Crippen LogP contribution in [0.5, 0.6) is 0 Å². The molecule has 0 atom stereocenters. The van der Waals surface area contributed by atoms with Crippen LogP contribution < -0.4 is 12.4 Å². The average molecular weight is 388 g/mol. The van der Waals surface area contributed by atoms with Crippen LogP contribution in [0.3, 0.4) is 0 Å². The molecule has 25 heavy (non-hydrogen) atoms. The molecule has 0 amide bonds. The summed E-state index contributed by atoms with van der Waals surface area (Å²) in [5, 5.41) is 0. The van der Waals surface area contributed by atoms with Gasteiger partial charge in [-0.25, -0.2) is 0 Å². The molecule has 0 bridgehead atoms. The Morgan fingerprint density at radius 3 is 1.64 bits per heavy atom. The van der Waals surface area contributed by atoms with Crippen LogP contribution in [0.4, 0.5) is 0 Å². The molecule has 0 aromatic heterocycles. The Balaban J connectivity index is 0.00000576. The first-order valence-corrected chi connectivity index (χ1v) is 10.6. The van der Waals surface area contributed by atoms with Crippen molar-refractivity contribution in [2.75, 3.05) is 20.6 Å². The van der Waals surface area contributed by atoms with Crippen LogP contribution in [-0.2, 0) is 12.4 Å². The van der Waals surface area contributed by atoms with E-state index in [-0.39, 0.29) is 12.4 Å². The lowest BCUT2D eigenvalue weighted by atomic mass is 10.1. The van der Waals surface area contributed by atoms with Crippen LogP contribution in [-0.4, -0.2) is 25.1 Å². The number of rotatable bonds is 14. The maximum atomic E-state index is 5.86. The van der Waals surface area contributed by atoms with E-state index in [0.29, 0.717) is 5.88 Å². The summed E-state index contributed by atoms with van der Waals surface area (Å²) in [5.41, 5.74) is 2.63. The summed E-state index contributed by atoms with van der Waals surface area (Å²) in [7, 11) is 4.70. The minimum absolute atomic E-state index is 0. The van der Waals surface area contributed by atoms with Gasteiger partial charge in [-0.05, 0) is 18.4 Å². The van der Waals surface area contributed by atoms with Gasteiger partial charge in [-0.15, -0.1) is 11.6 Å². The molecule has 1 nitrogen and oxygen atoms in total. The van der Waals surface area contributed by atoms with Crippen LogP contribution in [0.2, 0.25) is 0 Å². The average Bonchev–Trinajstić information content (AvgIpc) is 2.57. The fraction of sp³-hybridized carbons (Fsp3) is 0.727. The normalized spacial score (nSPS) is 11.4. The van der Waals surface area contributed by atoms with E-state index in [9.17, 15) is 0 Å². The highest BCUT2D eigenvalue weighted by Gasteiger charge is 2.15. The molecule has 0 saturated carbocycles. The Hall–Kier alpha value is -0.240. The minimum Gasteiger partial charge on any atom is -1.00 e. The van der Waals surface area contributed by atoms with Crippen LogP contribution in [0.25, 0.3) is 0 Å². The van der Waals surface area contributed by atoms with E-state index in [2.05, 4.69) is 45.3 Å². The summed E-state index contributed by atoms with van der Waals surface area (Å²) in [6.07, 6.45) is 14.1. The summed E-state index contributed by atoms with van der Waals surface area (Å²) in [4.78, 5) is 0. The zero-order valence-corrected chi connectivity index (χ0v) is 18.2. The second kappa shape index (κ2) is 14.9. The Kier molecular flexibility index (Phi) is 14.7. The quantitative estimate of drug-likeness (QED) is 0.257. The van der Waals surface area contributed by atoms with Crippen molar-refractivity contribution in [3.8, 4) is 0 Å². The maximum absolute atomic E-state index is 5.86. The highest BCUT2D eigenvalue weighted by Crippen LogP contribution is 2.15. The van der Waals surface area contributed by atoms with E-state index in [4.69, 9.17) is 11.6 Å². The van der Waals surface area contributed by atoms with Crippen molar-refractivity contribution >= 4 is 11.6 Å². The Bertz CT molecular complexity index is 415. The second-order valence-corrected chi connectivity index (χ2v) is 8.22. The third-order valence-electron chi connectivity index (χ3n) is 4.90. The number of unbranched alkanes of at least 4 members (excludes halogenated alkanes) is 9. The molecule has 0 unspecified atom stereocenters. The van der Waals surface area contributed by atoms with Gasteiger partial charge in [0.05, 0.1) is 20.6 Å². The minimum atomic E-state index is 0. The lowest BCUT2D eigenvalue weighted by Crippen LogP contribution is -3.00. The van der Waals surface area contributed by atoms with Crippen molar-refractivity contribution in [2.45, 2.75) is 83.6 Å². The van der Waals surface area contributed by atoms with Gasteiger partial charge < -0.3 is 16.9 Å². The first kappa shape index (κ1) is 24.8. The van der Waals surface area contributed by atoms with Crippen LogP contribution in [0.15, 0.2) is 24.3 Å². The molecule has 3 heteroatoms. The molecule has 0 radical (unpaired) electrons. The van der Waals surface area contributed by atoms with E-state index < -0.39 is 0 Å². The van der Waals surface area contributed by atoms with Gasteiger partial charge in [0.15, 0.2) is 0 Å². The zero-order valence-electron chi connectivity index (χ0n) is 16.7. The third-order valence-corrected chi connectivity index (χ3v) is 5.21. The number of hydrogen-bond donors (Lipinski definition) is 0. The molecule has 0 fully saturated rings. The number of nitrogens with zero attached hydrogens (tertiary/aromatic N) is 1. The SMILES string of the molecule is CCCCCCCCCCCC[N+](C)(C)Cc1ccc(CCl)cc1.[Cl-]. The Morgan fingerprint density at radius 2 is 1.16 bits per heavy atom. The first-order chi connectivity index (χ1) is 11.6. The van der Waals surface area contributed by atoms with Crippen LogP contribution in [0, 0.1) is 0 Å². The molecule has 0 N–H and O–H groups in total. The van der Waals surface area contributed by atoms with Gasteiger partial charge in [-0.1, -0.05) is 82.6 Å². The summed E-state index contributed by atoms with van der Waals surface area (Å²) in [6.45, 7) is 4.67. The van der Waals surface area contributed by atoms with Crippen molar-refractivity contribution in [1.29, 1.82) is 0 Å². The number of halogens is 2. The molecule has 0 heterocycles. The van der Waals surface area contributed by atoms with Crippen molar-refractivity contribution in [2.24, 2.45) is 0 Å². The molecule has 0 aliphatic rings.